The normalized spacial score (nSPS) is 13.4. The third-order valence-electron chi connectivity index (χ3n) is 4.71. The first kappa shape index (κ1) is 19.6. The molecule has 0 bridgehead atoms. The summed E-state index contributed by atoms with van der Waals surface area (Å²) in [6.45, 7) is 0.588. The first-order valence-corrected chi connectivity index (χ1v) is 9.52. The van der Waals surface area contributed by atoms with Gasteiger partial charge in [-0.25, -0.2) is 0 Å². The Morgan fingerprint density at radius 1 is 1.11 bits per heavy atom. The van der Waals surface area contributed by atoms with Crippen molar-refractivity contribution in [2.45, 2.75) is 32.1 Å². The van der Waals surface area contributed by atoms with Gasteiger partial charge in [0.2, 0.25) is 0 Å². The number of hydrogen-bond acceptors (Lipinski definition) is 4. The molecule has 0 fully saturated rings. The number of aromatic nitrogens is 1. The van der Waals surface area contributed by atoms with Crippen molar-refractivity contribution in [3.63, 3.8) is 0 Å². The van der Waals surface area contributed by atoms with Crippen LogP contribution in [0.4, 0.5) is 5.69 Å². The number of hydrogen-bond donors (Lipinski definition) is 2. The standard InChI is InChI=1S/C22H25N3O3/c1-28-20-9-5-8-19(13-20)25-22(27)18-12-17(14-23-15-18)21(26)24-11-10-16-6-3-2-4-7-16/h5-6,8-9,12-15H,2-4,7,10-11H2,1H3,(H,24,26)(H,25,27). The molecule has 1 heterocycles. The summed E-state index contributed by atoms with van der Waals surface area (Å²) >= 11 is 0. The largest absolute Gasteiger partial charge is 0.497 e. The predicted molar refractivity (Wildman–Crippen MR) is 109 cm³/mol. The van der Waals surface area contributed by atoms with Crippen LogP contribution < -0.4 is 15.4 Å². The molecule has 0 saturated heterocycles. The Morgan fingerprint density at radius 3 is 2.68 bits per heavy atom. The maximum atomic E-state index is 12.5. The smallest absolute Gasteiger partial charge is 0.257 e. The molecule has 146 valence electrons. The minimum atomic E-state index is -0.331. The molecule has 1 aliphatic carbocycles. The maximum absolute atomic E-state index is 12.5. The number of allylic oxidation sites excluding steroid dienone is 1. The first-order valence-electron chi connectivity index (χ1n) is 9.52. The number of carbonyl (C=O) groups is 2. The minimum absolute atomic E-state index is 0.222. The van der Waals surface area contributed by atoms with E-state index in [0.29, 0.717) is 29.1 Å². The van der Waals surface area contributed by atoms with Gasteiger partial charge in [0.1, 0.15) is 5.75 Å². The van der Waals surface area contributed by atoms with Gasteiger partial charge in [-0.3, -0.25) is 14.6 Å². The summed E-state index contributed by atoms with van der Waals surface area (Å²) in [5, 5.41) is 5.70. The molecular weight excluding hydrogens is 354 g/mol. The average molecular weight is 379 g/mol. The van der Waals surface area contributed by atoms with Crippen LogP contribution in [0.1, 0.15) is 52.8 Å². The second kappa shape index (κ2) is 9.69. The lowest BCUT2D eigenvalue weighted by Crippen LogP contribution is -2.25. The average Bonchev–Trinajstić information content (AvgIpc) is 2.74. The summed E-state index contributed by atoms with van der Waals surface area (Å²) in [5.74, 6) is 0.0971. The molecule has 0 radical (unpaired) electrons. The van der Waals surface area contributed by atoms with E-state index in [4.69, 9.17) is 4.74 Å². The highest BCUT2D eigenvalue weighted by molar-refractivity contribution is 6.05. The lowest BCUT2D eigenvalue weighted by molar-refractivity contribution is 0.0953. The fraction of sp³-hybridized carbons (Fsp3) is 0.318. The Kier molecular flexibility index (Phi) is 6.78. The third kappa shape index (κ3) is 5.42. The molecule has 1 aliphatic rings. The molecule has 0 unspecified atom stereocenters. The van der Waals surface area contributed by atoms with Crippen molar-refractivity contribution in [1.82, 2.24) is 10.3 Å². The fourth-order valence-corrected chi connectivity index (χ4v) is 3.16. The Bertz CT molecular complexity index is 877. The molecule has 0 aliphatic heterocycles. The van der Waals surface area contributed by atoms with Gasteiger partial charge in [0, 0.05) is 30.7 Å². The Hall–Kier alpha value is -3.15. The number of rotatable bonds is 7. The van der Waals surface area contributed by atoms with Crippen LogP contribution in [0.2, 0.25) is 0 Å². The number of methoxy groups -OCH3 is 1. The number of nitrogens with one attached hydrogen (secondary N) is 2. The first-order chi connectivity index (χ1) is 13.7. The molecule has 28 heavy (non-hydrogen) atoms. The van der Waals surface area contributed by atoms with Gasteiger partial charge in [-0.2, -0.15) is 0 Å². The molecule has 0 atom stereocenters. The zero-order chi connectivity index (χ0) is 19.8. The van der Waals surface area contributed by atoms with E-state index >= 15 is 0 Å². The van der Waals surface area contributed by atoms with Crippen LogP contribution in [0, 0.1) is 0 Å². The summed E-state index contributed by atoms with van der Waals surface area (Å²) in [7, 11) is 1.57. The van der Waals surface area contributed by atoms with Gasteiger partial charge < -0.3 is 15.4 Å². The molecular formula is C22H25N3O3. The van der Waals surface area contributed by atoms with E-state index in [0.717, 1.165) is 19.3 Å². The lowest BCUT2D eigenvalue weighted by Gasteiger charge is -2.13. The third-order valence-corrected chi connectivity index (χ3v) is 4.71. The highest BCUT2D eigenvalue weighted by Gasteiger charge is 2.12. The van der Waals surface area contributed by atoms with E-state index in [1.54, 1.807) is 37.4 Å². The second-order valence-electron chi connectivity index (χ2n) is 6.76. The van der Waals surface area contributed by atoms with Crippen LogP contribution in [0.25, 0.3) is 0 Å². The summed E-state index contributed by atoms with van der Waals surface area (Å²) in [6.07, 6.45) is 10.8. The molecule has 2 N–H and O–H groups in total. The van der Waals surface area contributed by atoms with E-state index < -0.39 is 0 Å². The van der Waals surface area contributed by atoms with Crippen molar-refractivity contribution < 1.29 is 14.3 Å². The van der Waals surface area contributed by atoms with Gasteiger partial charge >= 0.3 is 0 Å². The van der Waals surface area contributed by atoms with Gasteiger partial charge in [0.05, 0.1) is 18.2 Å². The van der Waals surface area contributed by atoms with Crippen LogP contribution >= 0.6 is 0 Å². The molecule has 3 rings (SSSR count). The number of anilines is 1. The number of carbonyl (C=O) groups excluding carboxylic acids is 2. The van der Waals surface area contributed by atoms with Gasteiger partial charge in [0.15, 0.2) is 0 Å². The number of amides is 2. The summed E-state index contributed by atoms with van der Waals surface area (Å²) in [4.78, 5) is 28.9. The van der Waals surface area contributed by atoms with Gasteiger partial charge in [0.25, 0.3) is 11.8 Å². The predicted octanol–water partition coefficient (Wildman–Crippen LogP) is 3.96. The van der Waals surface area contributed by atoms with Gasteiger partial charge in [-0.1, -0.05) is 17.7 Å². The molecule has 6 heteroatoms. The Balaban J connectivity index is 1.58. The van der Waals surface area contributed by atoms with Gasteiger partial charge in [-0.15, -0.1) is 0 Å². The molecule has 1 aromatic heterocycles. The Morgan fingerprint density at radius 2 is 1.93 bits per heavy atom. The highest BCUT2D eigenvalue weighted by atomic mass is 16.5. The quantitative estimate of drug-likeness (QED) is 0.714. The summed E-state index contributed by atoms with van der Waals surface area (Å²) < 4.78 is 5.15. The van der Waals surface area contributed by atoms with Crippen molar-refractivity contribution in [2.24, 2.45) is 0 Å². The SMILES string of the molecule is COc1cccc(NC(=O)c2cncc(C(=O)NCCC3=CCCCC3)c2)c1. The van der Waals surface area contributed by atoms with Crippen molar-refractivity contribution in [2.75, 3.05) is 19.0 Å². The summed E-state index contributed by atoms with van der Waals surface area (Å²) in [5.41, 5.74) is 2.72. The van der Waals surface area contributed by atoms with Gasteiger partial charge in [-0.05, 0) is 50.3 Å². The van der Waals surface area contributed by atoms with Crippen LogP contribution in [-0.4, -0.2) is 30.5 Å². The molecule has 1 aromatic carbocycles. The second-order valence-corrected chi connectivity index (χ2v) is 6.76. The van der Waals surface area contributed by atoms with E-state index in [2.05, 4.69) is 21.7 Å². The molecule has 6 nitrogen and oxygen atoms in total. The number of nitrogens with zero attached hydrogens (tertiary/aromatic N) is 1. The zero-order valence-corrected chi connectivity index (χ0v) is 16.0. The maximum Gasteiger partial charge on any atom is 0.257 e. The Labute approximate surface area is 165 Å². The highest BCUT2D eigenvalue weighted by Crippen LogP contribution is 2.20. The summed E-state index contributed by atoms with van der Waals surface area (Å²) in [6, 6.07) is 8.63. The van der Waals surface area contributed by atoms with Crippen molar-refractivity contribution in [3.8, 4) is 5.75 Å². The molecule has 2 aromatic rings. The topological polar surface area (TPSA) is 80.3 Å². The fourth-order valence-electron chi connectivity index (χ4n) is 3.16. The van der Waals surface area contributed by atoms with Crippen LogP contribution in [0.3, 0.4) is 0 Å². The van der Waals surface area contributed by atoms with Crippen LogP contribution in [0.15, 0.2) is 54.4 Å². The van der Waals surface area contributed by atoms with E-state index in [1.165, 1.54) is 30.8 Å². The number of pyridine rings is 1. The van der Waals surface area contributed by atoms with E-state index in [-0.39, 0.29) is 11.8 Å². The minimum Gasteiger partial charge on any atom is -0.497 e. The van der Waals surface area contributed by atoms with Crippen molar-refractivity contribution in [3.05, 3.63) is 65.5 Å². The molecule has 2 amide bonds. The number of ether oxygens (including phenoxy) is 1. The van der Waals surface area contributed by atoms with Crippen molar-refractivity contribution >= 4 is 17.5 Å². The molecule has 0 spiro atoms. The van der Waals surface area contributed by atoms with E-state index in [1.807, 2.05) is 0 Å². The van der Waals surface area contributed by atoms with Crippen LogP contribution in [0.5, 0.6) is 5.75 Å². The van der Waals surface area contributed by atoms with Crippen LogP contribution in [-0.2, 0) is 0 Å². The number of benzene rings is 1. The van der Waals surface area contributed by atoms with E-state index in [9.17, 15) is 9.59 Å². The van der Waals surface area contributed by atoms with Crippen molar-refractivity contribution in [1.29, 1.82) is 0 Å². The lowest BCUT2D eigenvalue weighted by atomic mass is 9.97. The monoisotopic (exact) mass is 379 g/mol. The molecule has 0 saturated carbocycles. The zero-order valence-electron chi connectivity index (χ0n) is 16.0.